The summed E-state index contributed by atoms with van der Waals surface area (Å²) >= 11 is 1.65. The van der Waals surface area contributed by atoms with Crippen molar-refractivity contribution >= 4 is 17.3 Å². The fourth-order valence-electron chi connectivity index (χ4n) is 3.39. The van der Waals surface area contributed by atoms with Crippen LogP contribution in [0.25, 0.3) is 10.6 Å². The molecule has 29 heavy (non-hydrogen) atoms. The summed E-state index contributed by atoms with van der Waals surface area (Å²) in [5.74, 6) is 2.56. The van der Waals surface area contributed by atoms with Gasteiger partial charge in [-0.2, -0.15) is 0 Å². The van der Waals surface area contributed by atoms with Crippen molar-refractivity contribution in [3.8, 4) is 16.3 Å². The minimum absolute atomic E-state index is 0.580. The third kappa shape index (κ3) is 6.44. The van der Waals surface area contributed by atoms with E-state index in [1.165, 1.54) is 19.3 Å². The highest BCUT2D eigenvalue weighted by atomic mass is 32.1. The molecule has 0 radical (unpaired) electrons. The first-order chi connectivity index (χ1) is 14.2. The Kier molecular flexibility index (Phi) is 8.31. The lowest BCUT2D eigenvalue weighted by Gasteiger charge is -2.26. The molecule has 7 heteroatoms. The minimum Gasteiger partial charge on any atom is -0.497 e. The van der Waals surface area contributed by atoms with Gasteiger partial charge in [-0.25, -0.2) is 9.98 Å². The molecule has 6 nitrogen and oxygen atoms in total. The highest BCUT2D eigenvalue weighted by molar-refractivity contribution is 7.13. The number of hydrogen-bond acceptors (Lipinski definition) is 5. The molecule has 158 valence electrons. The quantitative estimate of drug-likeness (QED) is 0.520. The van der Waals surface area contributed by atoms with Crippen LogP contribution < -0.4 is 10.1 Å². The third-order valence-corrected chi connectivity index (χ3v) is 6.13. The number of aromatic nitrogens is 1. The summed E-state index contributed by atoms with van der Waals surface area (Å²) in [5, 5.41) is 6.51. The second kappa shape index (κ2) is 11.2. The van der Waals surface area contributed by atoms with Gasteiger partial charge in [0.25, 0.3) is 0 Å². The van der Waals surface area contributed by atoms with Crippen LogP contribution in [0.15, 0.2) is 34.6 Å². The second-order valence-corrected chi connectivity index (χ2v) is 8.17. The number of benzene rings is 1. The van der Waals surface area contributed by atoms with E-state index in [0.717, 1.165) is 60.2 Å². The minimum atomic E-state index is 0.580. The molecule has 2 heterocycles. The Morgan fingerprint density at radius 2 is 2.07 bits per heavy atom. The molecule has 2 aromatic rings. The smallest absolute Gasteiger partial charge is 0.194 e. The van der Waals surface area contributed by atoms with Crippen LogP contribution >= 0.6 is 11.3 Å². The highest BCUT2D eigenvalue weighted by Gasteiger charge is 2.15. The van der Waals surface area contributed by atoms with Gasteiger partial charge in [0.1, 0.15) is 10.8 Å². The number of aliphatic imine (C=N–C) groups is 1. The van der Waals surface area contributed by atoms with Gasteiger partial charge in [0.2, 0.25) is 0 Å². The van der Waals surface area contributed by atoms with E-state index in [-0.39, 0.29) is 0 Å². The molecule has 0 atom stereocenters. The molecule has 1 fully saturated rings. The van der Waals surface area contributed by atoms with Gasteiger partial charge in [0, 0.05) is 44.3 Å². The van der Waals surface area contributed by atoms with Crippen molar-refractivity contribution in [3.63, 3.8) is 0 Å². The van der Waals surface area contributed by atoms with Gasteiger partial charge in [-0.05, 0) is 56.4 Å². The van der Waals surface area contributed by atoms with E-state index in [1.807, 2.05) is 24.3 Å². The van der Waals surface area contributed by atoms with Crippen LogP contribution in [0.1, 0.15) is 31.9 Å². The molecular formula is C22H32N4O2S. The molecule has 0 unspecified atom stereocenters. The van der Waals surface area contributed by atoms with Crippen LogP contribution in [0.5, 0.6) is 5.75 Å². The Bertz CT molecular complexity index is 769. The molecule has 0 spiro atoms. The van der Waals surface area contributed by atoms with Crippen LogP contribution in [0.3, 0.4) is 0 Å². The SMILES string of the molecule is CCNC(=NCc1csc(-c2ccc(OC)cc2)n1)N(C)CCC1CCOCC1. The zero-order chi connectivity index (χ0) is 20.5. The van der Waals surface area contributed by atoms with Crippen molar-refractivity contribution in [1.29, 1.82) is 0 Å². The summed E-state index contributed by atoms with van der Waals surface area (Å²) in [4.78, 5) is 11.8. The van der Waals surface area contributed by atoms with Gasteiger partial charge in [0.05, 0.1) is 19.3 Å². The van der Waals surface area contributed by atoms with Crippen molar-refractivity contribution < 1.29 is 9.47 Å². The van der Waals surface area contributed by atoms with Crippen LogP contribution in [0.4, 0.5) is 0 Å². The van der Waals surface area contributed by atoms with Gasteiger partial charge >= 0.3 is 0 Å². The van der Waals surface area contributed by atoms with E-state index in [1.54, 1.807) is 18.4 Å². The molecule has 1 N–H and O–H groups in total. The van der Waals surface area contributed by atoms with Gasteiger partial charge in [-0.15, -0.1) is 11.3 Å². The predicted molar refractivity (Wildman–Crippen MR) is 120 cm³/mol. The number of thiazole rings is 1. The van der Waals surface area contributed by atoms with E-state index in [4.69, 9.17) is 19.5 Å². The number of hydrogen-bond donors (Lipinski definition) is 1. The molecule has 3 rings (SSSR count). The maximum atomic E-state index is 5.46. The molecule has 0 amide bonds. The van der Waals surface area contributed by atoms with E-state index in [0.29, 0.717) is 6.54 Å². The number of methoxy groups -OCH3 is 1. The first-order valence-corrected chi connectivity index (χ1v) is 11.2. The maximum Gasteiger partial charge on any atom is 0.194 e. The number of nitrogens with zero attached hydrogens (tertiary/aromatic N) is 3. The molecule has 1 saturated heterocycles. The second-order valence-electron chi connectivity index (χ2n) is 7.31. The fraction of sp³-hybridized carbons (Fsp3) is 0.545. The van der Waals surface area contributed by atoms with Crippen LogP contribution in [0.2, 0.25) is 0 Å². The zero-order valence-electron chi connectivity index (χ0n) is 17.7. The normalized spacial score (nSPS) is 15.3. The van der Waals surface area contributed by atoms with E-state index < -0.39 is 0 Å². The molecule has 1 aromatic heterocycles. The summed E-state index contributed by atoms with van der Waals surface area (Å²) in [6.07, 6.45) is 3.53. The van der Waals surface area contributed by atoms with Crippen LogP contribution in [-0.2, 0) is 11.3 Å². The third-order valence-electron chi connectivity index (χ3n) is 5.19. The Morgan fingerprint density at radius 3 is 2.76 bits per heavy atom. The van der Waals surface area contributed by atoms with E-state index in [9.17, 15) is 0 Å². The van der Waals surface area contributed by atoms with Crippen molar-refractivity contribution in [1.82, 2.24) is 15.2 Å². The molecule has 0 aliphatic carbocycles. The summed E-state index contributed by atoms with van der Waals surface area (Å²) in [6, 6.07) is 8.01. The number of ether oxygens (including phenoxy) is 2. The zero-order valence-corrected chi connectivity index (χ0v) is 18.5. The number of guanidine groups is 1. The lowest BCUT2D eigenvalue weighted by atomic mass is 9.96. The largest absolute Gasteiger partial charge is 0.497 e. The highest BCUT2D eigenvalue weighted by Crippen LogP contribution is 2.26. The lowest BCUT2D eigenvalue weighted by Crippen LogP contribution is -2.40. The molecule has 0 bridgehead atoms. The predicted octanol–water partition coefficient (Wildman–Crippen LogP) is 4.03. The van der Waals surface area contributed by atoms with Crippen molar-refractivity contribution in [3.05, 3.63) is 35.3 Å². The molecule has 1 aromatic carbocycles. The standard InChI is InChI=1S/C22H32N4O2S/c1-4-23-22(26(2)12-9-17-10-13-28-14-11-17)24-15-19-16-29-21(25-19)18-5-7-20(27-3)8-6-18/h5-8,16-17H,4,9-15H2,1-3H3,(H,23,24). The lowest BCUT2D eigenvalue weighted by molar-refractivity contribution is 0.0625. The average molecular weight is 417 g/mol. The Hall–Kier alpha value is -2.12. The van der Waals surface area contributed by atoms with E-state index in [2.05, 4.69) is 29.6 Å². The monoisotopic (exact) mass is 416 g/mol. The van der Waals surface area contributed by atoms with E-state index >= 15 is 0 Å². The Morgan fingerprint density at radius 1 is 1.31 bits per heavy atom. The van der Waals surface area contributed by atoms with Crippen LogP contribution in [0, 0.1) is 5.92 Å². The van der Waals surface area contributed by atoms with Gasteiger partial charge < -0.3 is 19.7 Å². The summed E-state index contributed by atoms with van der Waals surface area (Å²) < 4.78 is 10.7. The summed E-state index contributed by atoms with van der Waals surface area (Å²) in [6.45, 7) is 6.36. The topological polar surface area (TPSA) is 59.0 Å². The fourth-order valence-corrected chi connectivity index (χ4v) is 4.21. The van der Waals surface area contributed by atoms with Gasteiger partial charge in [0.15, 0.2) is 5.96 Å². The Balaban J connectivity index is 1.58. The average Bonchev–Trinajstić information content (AvgIpc) is 3.25. The summed E-state index contributed by atoms with van der Waals surface area (Å²) in [5.41, 5.74) is 2.10. The Labute approximate surface area is 178 Å². The van der Waals surface area contributed by atoms with Gasteiger partial charge in [-0.1, -0.05) is 0 Å². The summed E-state index contributed by atoms with van der Waals surface area (Å²) in [7, 11) is 3.79. The van der Waals surface area contributed by atoms with Crippen molar-refractivity contribution in [2.75, 3.05) is 40.5 Å². The molecule has 1 aliphatic heterocycles. The number of rotatable bonds is 8. The molecule has 1 aliphatic rings. The van der Waals surface area contributed by atoms with Crippen LogP contribution in [-0.4, -0.2) is 56.3 Å². The van der Waals surface area contributed by atoms with Gasteiger partial charge in [-0.3, -0.25) is 0 Å². The first kappa shape index (κ1) is 21.6. The van der Waals surface area contributed by atoms with Crippen molar-refractivity contribution in [2.45, 2.75) is 32.7 Å². The number of nitrogens with one attached hydrogen (secondary N) is 1. The maximum absolute atomic E-state index is 5.46. The first-order valence-electron chi connectivity index (χ1n) is 10.4. The molecule has 0 saturated carbocycles. The molecular weight excluding hydrogens is 384 g/mol. The van der Waals surface area contributed by atoms with Crippen molar-refractivity contribution in [2.24, 2.45) is 10.9 Å².